The van der Waals surface area contributed by atoms with Crippen LogP contribution in [-0.2, 0) is 0 Å². The van der Waals surface area contributed by atoms with Gasteiger partial charge in [0.05, 0.1) is 32.9 Å². The van der Waals surface area contributed by atoms with Crippen molar-refractivity contribution in [1.82, 2.24) is 0 Å². The van der Waals surface area contributed by atoms with Crippen LogP contribution in [0.15, 0.2) is 28.7 Å². The molecule has 0 N–H and O–H groups in total. The molecule has 5 nitrogen and oxygen atoms in total. The van der Waals surface area contributed by atoms with Gasteiger partial charge in [-0.3, -0.25) is 4.79 Å². The van der Waals surface area contributed by atoms with Gasteiger partial charge in [0.25, 0.3) is 0 Å². The lowest BCUT2D eigenvalue weighted by Crippen LogP contribution is -2.03. The minimum absolute atomic E-state index is 0.0613. The number of hydrogen-bond donors (Lipinski definition) is 0. The lowest BCUT2D eigenvalue weighted by Gasteiger charge is -2.19. The monoisotopic (exact) mass is 406 g/mol. The summed E-state index contributed by atoms with van der Waals surface area (Å²) in [7, 11) is 6.29. The Labute approximate surface area is 155 Å². The number of hydrogen-bond acceptors (Lipinski definition) is 5. The lowest BCUT2D eigenvalue weighted by atomic mass is 9.92. The standard InChI is InChI=1S/C19H19BrO5/c1-22-15-6-5-10(7-13(15)20)11-8-14(21)12-9-16(23-2)18(24-3)19(25-4)17(11)12/h5-7,9,11H,8H2,1-4H3. The molecule has 0 spiro atoms. The molecule has 3 rings (SSSR count). The second-order valence-corrected chi connectivity index (χ2v) is 6.53. The molecule has 25 heavy (non-hydrogen) atoms. The normalized spacial score (nSPS) is 15.7. The van der Waals surface area contributed by atoms with Crippen LogP contribution in [0.5, 0.6) is 23.0 Å². The van der Waals surface area contributed by atoms with Crippen molar-refractivity contribution in [1.29, 1.82) is 0 Å². The van der Waals surface area contributed by atoms with E-state index in [1.807, 2.05) is 18.2 Å². The quantitative estimate of drug-likeness (QED) is 0.744. The Morgan fingerprint density at radius 1 is 0.920 bits per heavy atom. The zero-order chi connectivity index (χ0) is 18.1. The number of halogens is 1. The Morgan fingerprint density at radius 2 is 1.60 bits per heavy atom. The van der Waals surface area contributed by atoms with Crippen molar-refractivity contribution in [2.24, 2.45) is 0 Å². The Bertz CT molecular complexity index is 831. The molecule has 2 aromatic carbocycles. The van der Waals surface area contributed by atoms with Gasteiger partial charge in [-0.25, -0.2) is 0 Å². The number of carbonyl (C=O) groups excluding carboxylic acids is 1. The summed E-state index contributed by atoms with van der Waals surface area (Å²) in [5, 5.41) is 0. The summed E-state index contributed by atoms with van der Waals surface area (Å²) in [5.74, 6) is 2.22. The van der Waals surface area contributed by atoms with Crippen LogP contribution in [0.1, 0.15) is 33.8 Å². The number of ether oxygens (including phenoxy) is 4. The lowest BCUT2D eigenvalue weighted by molar-refractivity contribution is 0.0991. The van der Waals surface area contributed by atoms with Crippen molar-refractivity contribution >= 4 is 21.7 Å². The van der Waals surface area contributed by atoms with E-state index in [1.165, 1.54) is 0 Å². The number of benzene rings is 2. The molecule has 2 aromatic rings. The maximum absolute atomic E-state index is 12.6. The topological polar surface area (TPSA) is 54.0 Å². The molecule has 1 atom stereocenters. The van der Waals surface area contributed by atoms with E-state index in [-0.39, 0.29) is 11.7 Å². The minimum Gasteiger partial charge on any atom is -0.496 e. The molecule has 1 unspecified atom stereocenters. The molecule has 132 valence electrons. The van der Waals surface area contributed by atoms with E-state index >= 15 is 0 Å². The summed E-state index contributed by atoms with van der Waals surface area (Å²) in [6, 6.07) is 7.56. The van der Waals surface area contributed by atoms with E-state index in [9.17, 15) is 4.79 Å². The average molecular weight is 407 g/mol. The van der Waals surface area contributed by atoms with Crippen molar-refractivity contribution in [2.45, 2.75) is 12.3 Å². The third kappa shape index (κ3) is 2.84. The Morgan fingerprint density at radius 3 is 2.16 bits per heavy atom. The fraction of sp³-hybridized carbons (Fsp3) is 0.316. The fourth-order valence-electron chi connectivity index (χ4n) is 3.34. The van der Waals surface area contributed by atoms with Gasteiger partial charge in [0.2, 0.25) is 5.75 Å². The first-order valence-electron chi connectivity index (χ1n) is 7.75. The van der Waals surface area contributed by atoms with E-state index in [0.29, 0.717) is 29.2 Å². The summed E-state index contributed by atoms with van der Waals surface area (Å²) in [6.45, 7) is 0. The molecule has 0 aromatic heterocycles. The van der Waals surface area contributed by atoms with Crippen LogP contribution < -0.4 is 18.9 Å². The van der Waals surface area contributed by atoms with Gasteiger partial charge < -0.3 is 18.9 Å². The number of Topliss-reactive ketones (excluding diaryl/α,β-unsaturated/α-hetero) is 1. The molecule has 6 heteroatoms. The largest absolute Gasteiger partial charge is 0.496 e. The predicted octanol–water partition coefficient (Wildman–Crippen LogP) is 4.20. The van der Waals surface area contributed by atoms with Gasteiger partial charge in [0, 0.05) is 23.5 Å². The summed E-state index contributed by atoms with van der Waals surface area (Å²) in [5.41, 5.74) is 2.46. The molecule has 0 amide bonds. The van der Waals surface area contributed by atoms with Crippen molar-refractivity contribution in [3.63, 3.8) is 0 Å². The minimum atomic E-state index is -0.112. The second kappa shape index (κ2) is 6.96. The molecule has 0 fully saturated rings. The van der Waals surface area contributed by atoms with Crippen molar-refractivity contribution < 1.29 is 23.7 Å². The van der Waals surface area contributed by atoms with Gasteiger partial charge in [-0.1, -0.05) is 6.07 Å². The van der Waals surface area contributed by atoms with Crippen LogP contribution in [0.4, 0.5) is 0 Å². The molecular formula is C19H19BrO5. The molecule has 0 radical (unpaired) electrons. The number of carbonyl (C=O) groups is 1. The van der Waals surface area contributed by atoms with Gasteiger partial charge in [0.1, 0.15) is 5.75 Å². The molecule has 1 aliphatic carbocycles. The van der Waals surface area contributed by atoms with Crippen molar-refractivity contribution in [2.75, 3.05) is 28.4 Å². The third-order valence-corrected chi connectivity index (χ3v) is 5.10. The first-order chi connectivity index (χ1) is 12.0. The third-order valence-electron chi connectivity index (χ3n) is 4.49. The maximum Gasteiger partial charge on any atom is 0.203 e. The van der Waals surface area contributed by atoms with E-state index in [0.717, 1.165) is 21.3 Å². The van der Waals surface area contributed by atoms with Crippen molar-refractivity contribution in [3.8, 4) is 23.0 Å². The highest BCUT2D eigenvalue weighted by atomic mass is 79.9. The maximum atomic E-state index is 12.6. The second-order valence-electron chi connectivity index (χ2n) is 5.68. The first-order valence-corrected chi connectivity index (χ1v) is 8.54. The van der Waals surface area contributed by atoms with Gasteiger partial charge in [-0.15, -0.1) is 0 Å². The average Bonchev–Trinajstić information content (AvgIpc) is 2.96. The Hall–Kier alpha value is -2.21. The Balaban J connectivity index is 2.20. The molecule has 0 aliphatic heterocycles. The van der Waals surface area contributed by atoms with E-state index < -0.39 is 0 Å². The van der Waals surface area contributed by atoms with E-state index in [4.69, 9.17) is 18.9 Å². The Kier molecular flexibility index (Phi) is 4.90. The molecule has 0 saturated carbocycles. The smallest absolute Gasteiger partial charge is 0.203 e. The van der Waals surface area contributed by atoms with Crippen LogP contribution >= 0.6 is 15.9 Å². The summed E-state index contributed by atoms with van der Waals surface area (Å²) >= 11 is 3.51. The summed E-state index contributed by atoms with van der Waals surface area (Å²) in [4.78, 5) is 12.6. The molecule has 0 heterocycles. The summed E-state index contributed by atoms with van der Waals surface area (Å²) < 4.78 is 22.6. The summed E-state index contributed by atoms with van der Waals surface area (Å²) in [6.07, 6.45) is 0.376. The first kappa shape index (κ1) is 17.6. The predicted molar refractivity (Wildman–Crippen MR) is 97.6 cm³/mol. The molecule has 0 bridgehead atoms. The van der Waals surface area contributed by atoms with Crippen LogP contribution in [0.3, 0.4) is 0 Å². The van der Waals surface area contributed by atoms with Crippen molar-refractivity contribution in [3.05, 3.63) is 45.4 Å². The highest BCUT2D eigenvalue weighted by Crippen LogP contribution is 2.51. The zero-order valence-corrected chi connectivity index (χ0v) is 16.1. The van der Waals surface area contributed by atoms with Crippen LogP contribution in [0.25, 0.3) is 0 Å². The highest BCUT2D eigenvalue weighted by molar-refractivity contribution is 9.10. The van der Waals surface area contributed by atoms with Gasteiger partial charge >= 0.3 is 0 Å². The molecule has 0 saturated heterocycles. The van der Waals surface area contributed by atoms with E-state index in [2.05, 4.69) is 15.9 Å². The SMILES string of the molecule is COc1ccc(C2CC(=O)c3cc(OC)c(OC)c(OC)c32)cc1Br. The van der Waals surface area contributed by atoms with Gasteiger partial charge in [-0.05, 0) is 39.7 Å². The fourth-order valence-corrected chi connectivity index (χ4v) is 3.89. The van der Waals surface area contributed by atoms with Gasteiger partial charge in [0.15, 0.2) is 17.3 Å². The number of methoxy groups -OCH3 is 4. The number of fused-ring (bicyclic) bond motifs is 1. The van der Waals surface area contributed by atoms with Gasteiger partial charge in [-0.2, -0.15) is 0 Å². The highest BCUT2D eigenvalue weighted by Gasteiger charge is 2.37. The molecular weight excluding hydrogens is 388 g/mol. The van der Waals surface area contributed by atoms with E-state index in [1.54, 1.807) is 34.5 Å². The van der Waals surface area contributed by atoms with Crippen LogP contribution in [0.2, 0.25) is 0 Å². The van der Waals surface area contributed by atoms with Crippen LogP contribution in [0, 0.1) is 0 Å². The zero-order valence-electron chi connectivity index (χ0n) is 14.5. The van der Waals surface area contributed by atoms with Crippen LogP contribution in [-0.4, -0.2) is 34.2 Å². The number of ketones is 1. The molecule has 1 aliphatic rings. The number of rotatable bonds is 5.